The van der Waals surface area contributed by atoms with Gasteiger partial charge in [-0.1, -0.05) is 186 Å². The second-order valence-electron chi connectivity index (χ2n) is 18.5. The zero-order valence-electron chi connectivity index (χ0n) is 40.7. The number of phosphoric ester groups is 1. The van der Waals surface area contributed by atoms with Crippen LogP contribution in [0.15, 0.2) is 24.3 Å². The lowest BCUT2D eigenvalue weighted by molar-refractivity contribution is -0.870. The predicted octanol–water partition coefficient (Wildman–Crippen LogP) is 15.1. The van der Waals surface area contributed by atoms with Crippen LogP contribution in [0.3, 0.4) is 0 Å². The molecule has 0 rings (SSSR count). The number of rotatable bonds is 47. The number of carbonyl (C=O) groups is 2. The van der Waals surface area contributed by atoms with E-state index in [2.05, 4.69) is 38.2 Å². The fraction of sp³-hybridized carbons (Fsp3) is 0.882. The van der Waals surface area contributed by atoms with Gasteiger partial charge in [0.05, 0.1) is 27.7 Å². The average molecular weight is 885 g/mol. The molecule has 0 spiro atoms. The predicted molar refractivity (Wildman–Crippen MR) is 257 cm³/mol. The third kappa shape index (κ3) is 47.8. The number of esters is 2. The number of quaternary nitrogens is 1. The van der Waals surface area contributed by atoms with Crippen LogP contribution in [-0.4, -0.2) is 74.9 Å². The lowest BCUT2D eigenvalue weighted by Crippen LogP contribution is -2.37. The van der Waals surface area contributed by atoms with Gasteiger partial charge >= 0.3 is 19.8 Å². The summed E-state index contributed by atoms with van der Waals surface area (Å²) in [7, 11) is 1.48. The van der Waals surface area contributed by atoms with Crippen LogP contribution in [0, 0.1) is 0 Å². The van der Waals surface area contributed by atoms with Crippen LogP contribution in [-0.2, 0) is 32.7 Å². The van der Waals surface area contributed by atoms with Crippen LogP contribution >= 0.6 is 7.82 Å². The molecule has 0 bridgehead atoms. The second kappa shape index (κ2) is 43.7. The molecule has 2 atom stereocenters. The largest absolute Gasteiger partial charge is 0.472 e. The minimum Gasteiger partial charge on any atom is -0.462 e. The first-order chi connectivity index (χ1) is 29.5. The normalized spacial score (nSPS) is 13.6. The summed E-state index contributed by atoms with van der Waals surface area (Å²) in [6.07, 6.45) is 49.5. The van der Waals surface area contributed by atoms with Gasteiger partial charge in [0.15, 0.2) is 6.10 Å². The lowest BCUT2D eigenvalue weighted by Gasteiger charge is -2.24. The van der Waals surface area contributed by atoms with Gasteiger partial charge in [0.2, 0.25) is 0 Å². The van der Waals surface area contributed by atoms with E-state index in [0.717, 1.165) is 51.4 Å². The van der Waals surface area contributed by atoms with Crippen LogP contribution in [0.25, 0.3) is 0 Å². The third-order valence-corrected chi connectivity index (χ3v) is 12.2. The summed E-state index contributed by atoms with van der Waals surface area (Å²) in [5.74, 6) is -0.801. The molecule has 9 nitrogen and oxygen atoms in total. The number of nitrogens with zero attached hydrogens (tertiary/aromatic N) is 1. The second-order valence-corrected chi connectivity index (χ2v) is 20.0. The molecule has 0 aromatic rings. The third-order valence-electron chi connectivity index (χ3n) is 11.2. The van der Waals surface area contributed by atoms with Crippen LogP contribution < -0.4 is 0 Å². The summed E-state index contributed by atoms with van der Waals surface area (Å²) in [4.78, 5) is 35.4. The summed E-state index contributed by atoms with van der Waals surface area (Å²) in [5, 5.41) is 0. The Morgan fingerprint density at radius 2 is 0.836 bits per heavy atom. The van der Waals surface area contributed by atoms with Crippen molar-refractivity contribution in [2.75, 3.05) is 47.5 Å². The Balaban J connectivity index is 4.15. The minimum atomic E-state index is -4.38. The monoisotopic (exact) mass is 885 g/mol. The summed E-state index contributed by atoms with van der Waals surface area (Å²) < 4.78 is 34.4. The summed E-state index contributed by atoms with van der Waals surface area (Å²) in [5.41, 5.74) is 0. The Morgan fingerprint density at radius 1 is 0.492 bits per heavy atom. The first kappa shape index (κ1) is 59.5. The molecule has 61 heavy (non-hydrogen) atoms. The average Bonchev–Trinajstić information content (AvgIpc) is 3.21. The van der Waals surface area contributed by atoms with Crippen LogP contribution in [0.5, 0.6) is 0 Å². The zero-order chi connectivity index (χ0) is 45.0. The van der Waals surface area contributed by atoms with E-state index in [4.69, 9.17) is 18.5 Å². The maximum absolute atomic E-state index is 12.7. The number of phosphoric acid groups is 1. The van der Waals surface area contributed by atoms with Crippen molar-refractivity contribution in [1.29, 1.82) is 0 Å². The molecule has 10 heteroatoms. The summed E-state index contributed by atoms with van der Waals surface area (Å²) >= 11 is 0. The van der Waals surface area contributed by atoms with Crippen molar-refractivity contribution in [2.45, 2.75) is 245 Å². The SMILES string of the molecule is CCCCC/C=C\CCCCCCCC(=O)OCC(COP(=O)(O)OCC[N+](C)(C)C)OC(=O)CCCCCCCCCCCCCCC/C=C\CCCCCCCCCC. The molecule has 0 aliphatic carbocycles. The smallest absolute Gasteiger partial charge is 0.462 e. The molecule has 0 heterocycles. The maximum atomic E-state index is 12.7. The van der Waals surface area contributed by atoms with Crippen LogP contribution in [0.4, 0.5) is 0 Å². The molecule has 0 radical (unpaired) electrons. The quantitative estimate of drug-likeness (QED) is 0.0212. The number of hydrogen-bond acceptors (Lipinski definition) is 7. The Bertz CT molecular complexity index is 1090. The molecule has 0 saturated heterocycles. The molecule has 0 aliphatic heterocycles. The molecular formula is C51H99NO8P+. The van der Waals surface area contributed by atoms with Crippen molar-refractivity contribution in [2.24, 2.45) is 0 Å². The highest BCUT2D eigenvalue weighted by atomic mass is 31.2. The highest BCUT2D eigenvalue weighted by molar-refractivity contribution is 7.47. The topological polar surface area (TPSA) is 108 Å². The number of hydrogen-bond donors (Lipinski definition) is 1. The van der Waals surface area contributed by atoms with E-state index in [0.29, 0.717) is 17.4 Å². The van der Waals surface area contributed by atoms with Crippen molar-refractivity contribution in [3.8, 4) is 0 Å². The molecule has 0 aromatic heterocycles. The molecule has 0 saturated carbocycles. The van der Waals surface area contributed by atoms with Crippen molar-refractivity contribution in [1.82, 2.24) is 0 Å². The van der Waals surface area contributed by atoms with Crippen molar-refractivity contribution in [3.63, 3.8) is 0 Å². The van der Waals surface area contributed by atoms with Gasteiger partial charge in [0.1, 0.15) is 19.8 Å². The van der Waals surface area contributed by atoms with Crippen LogP contribution in [0.1, 0.15) is 239 Å². The molecule has 1 N–H and O–H groups in total. The fourth-order valence-corrected chi connectivity index (χ4v) is 7.92. The summed E-state index contributed by atoms with van der Waals surface area (Å²) in [6, 6.07) is 0. The summed E-state index contributed by atoms with van der Waals surface area (Å²) in [6.45, 7) is 4.42. The number of allylic oxidation sites excluding steroid dienone is 4. The Hall–Kier alpha value is -1.51. The lowest BCUT2D eigenvalue weighted by atomic mass is 10.0. The molecule has 0 fully saturated rings. The van der Waals surface area contributed by atoms with Crippen molar-refractivity contribution < 1.29 is 42.1 Å². The molecule has 0 aliphatic rings. The van der Waals surface area contributed by atoms with Gasteiger partial charge in [-0.25, -0.2) is 4.57 Å². The van der Waals surface area contributed by atoms with E-state index in [9.17, 15) is 19.0 Å². The highest BCUT2D eigenvalue weighted by Crippen LogP contribution is 2.43. The molecule has 360 valence electrons. The van der Waals surface area contributed by atoms with Gasteiger partial charge in [-0.2, -0.15) is 0 Å². The van der Waals surface area contributed by atoms with Gasteiger partial charge in [0, 0.05) is 12.8 Å². The van der Waals surface area contributed by atoms with E-state index in [1.165, 1.54) is 154 Å². The molecule has 0 amide bonds. The molecule has 2 unspecified atom stereocenters. The zero-order valence-corrected chi connectivity index (χ0v) is 41.6. The van der Waals surface area contributed by atoms with Crippen molar-refractivity contribution >= 4 is 19.8 Å². The highest BCUT2D eigenvalue weighted by Gasteiger charge is 2.27. The van der Waals surface area contributed by atoms with Crippen LogP contribution in [0.2, 0.25) is 0 Å². The van der Waals surface area contributed by atoms with E-state index in [1.807, 2.05) is 21.1 Å². The maximum Gasteiger partial charge on any atom is 0.472 e. The Kier molecular flexibility index (Phi) is 42.6. The molecular weight excluding hydrogens is 786 g/mol. The Labute approximate surface area is 377 Å². The standard InChI is InChI=1S/C51H98NO8P/c1-6-8-10-12-14-16-18-20-21-22-23-24-25-26-27-28-29-30-31-32-34-36-38-40-42-44-51(54)60-49(48-59-61(55,56)58-46-45-52(3,4)5)47-57-50(53)43-41-39-37-35-33-19-17-15-13-11-9-7-2/h15,17,22-23,49H,6-14,16,18-21,24-48H2,1-5H3/p+1/b17-15-,23-22-. The van der Waals surface area contributed by atoms with Crippen molar-refractivity contribution in [3.05, 3.63) is 24.3 Å². The van der Waals surface area contributed by atoms with Gasteiger partial charge in [-0.05, 0) is 64.2 Å². The number of carbonyl (C=O) groups excluding carboxylic acids is 2. The van der Waals surface area contributed by atoms with E-state index in [-0.39, 0.29) is 32.0 Å². The van der Waals surface area contributed by atoms with E-state index >= 15 is 0 Å². The van der Waals surface area contributed by atoms with E-state index < -0.39 is 26.5 Å². The van der Waals surface area contributed by atoms with Gasteiger partial charge in [0.25, 0.3) is 0 Å². The van der Waals surface area contributed by atoms with Gasteiger partial charge < -0.3 is 18.9 Å². The number of ether oxygens (including phenoxy) is 2. The van der Waals surface area contributed by atoms with E-state index in [1.54, 1.807) is 0 Å². The Morgan fingerprint density at radius 3 is 1.25 bits per heavy atom. The van der Waals surface area contributed by atoms with Gasteiger partial charge in [-0.3, -0.25) is 18.6 Å². The number of likely N-dealkylation sites (N-methyl/N-ethyl adjacent to an activating group) is 1. The first-order valence-corrected chi connectivity index (χ1v) is 27.1. The first-order valence-electron chi connectivity index (χ1n) is 25.6. The minimum absolute atomic E-state index is 0.0321. The number of unbranched alkanes of at least 4 members (excludes halogenated alkanes) is 29. The van der Waals surface area contributed by atoms with Gasteiger partial charge in [-0.15, -0.1) is 0 Å². The molecule has 0 aromatic carbocycles. The fourth-order valence-electron chi connectivity index (χ4n) is 7.18.